The highest BCUT2D eigenvalue weighted by atomic mass is 16.7. The average Bonchev–Trinajstić information content (AvgIpc) is 3.07. The molecule has 180 valence electrons. The second kappa shape index (κ2) is 13.1. The topological polar surface area (TPSA) is 161 Å². The minimum atomic E-state index is -0.712. The molecule has 2 aliphatic heterocycles. The highest BCUT2D eigenvalue weighted by molar-refractivity contribution is 6.01. The predicted molar refractivity (Wildman–Crippen MR) is 107 cm³/mol. The van der Waals surface area contributed by atoms with E-state index in [0.717, 1.165) is 6.42 Å². The Morgan fingerprint density at radius 3 is 2.47 bits per heavy atom. The minimum Gasteiger partial charge on any atom is -0.388 e. The second-order valence-corrected chi connectivity index (χ2v) is 7.71. The van der Waals surface area contributed by atoms with Gasteiger partial charge in [0.05, 0.1) is 19.3 Å². The van der Waals surface area contributed by atoms with Crippen LogP contribution in [-0.4, -0.2) is 78.0 Å². The van der Waals surface area contributed by atoms with Crippen LogP contribution in [0.3, 0.4) is 0 Å². The molecule has 2 heterocycles. The highest BCUT2D eigenvalue weighted by Crippen LogP contribution is 2.19. The van der Waals surface area contributed by atoms with Crippen LogP contribution in [0, 0.1) is 0 Å². The Bertz CT molecular complexity index is 684. The first-order chi connectivity index (χ1) is 15.3. The summed E-state index contributed by atoms with van der Waals surface area (Å²) < 4.78 is 10.9. The number of hydrogen-bond donors (Lipinski definition) is 3. The largest absolute Gasteiger partial charge is 0.388 e. The number of amides is 4. The van der Waals surface area contributed by atoms with Crippen LogP contribution in [0.2, 0.25) is 0 Å². The number of carbonyl (C=O) groups excluding carboxylic acids is 5. The van der Waals surface area contributed by atoms with Gasteiger partial charge in [0, 0.05) is 32.2 Å². The molecule has 4 amide bonds. The lowest BCUT2D eigenvalue weighted by atomic mass is 10.1. The van der Waals surface area contributed by atoms with Crippen molar-refractivity contribution in [3.8, 4) is 0 Å². The molecule has 0 spiro atoms. The zero-order valence-corrected chi connectivity index (χ0v) is 18.2. The van der Waals surface area contributed by atoms with Crippen molar-refractivity contribution >= 4 is 29.6 Å². The van der Waals surface area contributed by atoms with Crippen LogP contribution in [0.25, 0.3) is 0 Å². The number of hydrogen-bond acceptors (Lipinski definition) is 9. The zero-order valence-electron chi connectivity index (χ0n) is 18.2. The van der Waals surface area contributed by atoms with Gasteiger partial charge in [0.1, 0.15) is 6.10 Å². The maximum absolute atomic E-state index is 11.8. The van der Waals surface area contributed by atoms with Gasteiger partial charge in [-0.25, -0.2) is 4.79 Å². The van der Waals surface area contributed by atoms with Gasteiger partial charge in [0.25, 0.3) is 11.8 Å². The maximum atomic E-state index is 11.8. The van der Waals surface area contributed by atoms with E-state index >= 15 is 0 Å². The second-order valence-electron chi connectivity index (χ2n) is 7.71. The average molecular weight is 457 g/mol. The number of imide groups is 1. The van der Waals surface area contributed by atoms with Gasteiger partial charge in [0.2, 0.25) is 11.8 Å². The molecule has 12 nitrogen and oxygen atoms in total. The van der Waals surface area contributed by atoms with Crippen LogP contribution in [-0.2, 0) is 38.3 Å². The van der Waals surface area contributed by atoms with Crippen molar-refractivity contribution in [2.45, 2.75) is 76.8 Å². The first-order valence-electron chi connectivity index (χ1n) is 10.8. The molecule has 32 heavy (non-hydrogen) atoms. The van der Waals surface area contributed by atoms with E-state index in [-0.39, 0.29) is 63.3 Å². The van der Waals surface area contributed by atoms with Crippen LogP contribution < -0.4 is 10.6 Å². The quantitative estimate of drug-likeness (QED) is 0.254. The molecule has 0 saturated carbocycles. The molecule has 2 fully saturated rings. The van der Waals surface area contributed by atoms with Gasteiger partial charge in [-0.2, -0.15) is 0 Å². The zero-order chi connectivity index (χ0) is 23.5. The molecule has 0 aromatic rings. The van der Waals surface area contributed by atoms with Crippen molar-refractivity contribution in [2.24, 2.45) is 0 Å². The van der Waals surface area contributed by atoms with Crippen LogP contribution in [0.4, 0.5) is 0 Å². The number of ether oxygens (including phenoxy) is 2. The van der Waals surface area contributed by atoms with Gasteiger partial charge < -0.3 is 30.1 Å². The first kappa shape index (κ1) is 25.7. The van der Waals surface area contributed by atoms with Crippen LogP contribution in [0.5, 0.6) is 0 Å². The molecule has 3 N–H and O–H groups in total. The van der Waals surface area contributed by atoms with Gasteiger partial charge in [-0.05, 0) is 32.6 Å². The number of unbranched alkanes of at least 4 members (excludes halogenated alkanes) is 1. The van der Waals surface area contributed by atoms with Crippen molar-refractivity contribution < 1.29 is 43.4 Å². The molecule has 2 saturated heterocycles. The molecule has 0 unspecified atom stereocenters. The van der Waals surface area contributed by atoms with Gasteiger partial charge >= 0.3 is 5.97 Å². The molecular formula is C20H31N3O9. The smallest absolute Gasteiger partial charge is 0.333 e. The van der Waals surface area contributed by atoms with E-state index in [1.807, 2.05) is 6.92 Å². The van der Waals surface area contributed by atoms with Crippen molar-refractivity contribution in [3.05, 3.63) is 0 Å². The van der Waals surface area contributed by atoms with Gasteiger partial charge in [0.15, 0.2) is 6.29 Å². The van der Waals surface area contributed by atoms with Crippen molar-refractivity contribution in [1.29, 1.82) is 0 Å². The Hall–Kier alpha value is -2.57. The fraction of sp³-hybridized carbons (Fsp3) is 0.750. The fourth-order valence-electron chi connectivity index (χ4n) is 3.14. The number of nitrogens with one attached hydrogen (secondary N) is 2. The summed E-state index contributed by atoms with van der Waals surface area (Å²) in [5, 5.41) is 15.4. The van der Waals surface area contributed by atoms with E-state index < -0.39 is 30.2 Å². The predicted octanol–water partition coefficient (Wildman–Crippen LogP) is -0.711. The molecule has 3 atom stereocenters. The van der Waals surface area contributed by atoms with Crippen LogP contribution in [0.15, 0.2) is 0 Å². The maximum Gasteiger partial charge on any atom is 0.333 e. The van der Waals surface area contributed by atoms with E-state index in [2.05, 4.69) is 10.6 Å². The Kier molecular flexibility index (Phi) is 10.5. The third-order valence-electron chi connectivity index (χ3n) is 4.94. The number of rotatable bonds is 12. The summed E-state index contributed by atoms with van der Waals surface area (Å²) in [4.78, 5) is 62.7. The van der Waals surface area contributed by atoms with E-state index in [4.69, 9.17) is 14.3 Å². The molecule has 0 radical (unpaired) electrons. The summed E-state index contributed by atoms with van der Waals surface area (Å²) in [5.74, 6) is -2.52. The number of nitrogens with zero attached hydrogens (tertiary/aromatic N) is 1. The number of carbonyl (C=O) groups is 5. The van der Waals surface area contributed by atoms with Crippen molar-refractivity contribution in [2.75, 3.05) is 19.7 Å². The molecule has 0 aliphatic carbocycles. The minimum absolute atomic E-state index is 0.0114. The Morgan fingerprint density at radius 2 is 1.75 bits per heavy atom. The standard InChI is InChI=1S/C20H31N3O9/c1-13-6-7-14(24)20(31-13)30-11-10-21-16(26)12-22-15(25)4-2-3-5-19(29)32-23-17(27)8-9-18(23)28/h13-14,20,24H,2-12H2,1H3,(H,21,26)(H,22,25)/t13-,14-,20+/m0/s1. The van der Waals surface area contributed by atoms with Crippen LogP contribution >= 0.6 is 0 Å². The van der Waals surface area contributed by atoms with E-state index in [1.54, 1.807) is 0 Å². The van der Waals surface area contributed by atoms with E-state index in [1.165, 1.54) is 0 Å². The van der Waals surface area contributed by atoms with Gasteiger partial charge in [-0.1, -0.05) is 0 Å². The highest BCUT2D eigenvalue weighted by Gasteiger charge is 2.32. The summed E-state index contributed by atoms with van der Waals surface area (Å²) in [6.45, 7) is 2.08. The molecule has 0 bridgehead atoms. The van der Waals surface area contributed by atoms with E-state index in [0.29, 0.717) is 24.3 Å². The van der Waals surface area contributed by atoms with Crippen molar-refractivity contribution in [3.63, 3.8) is 0 Å². The Morgan fingerprint density at radius 1 is 1.06 bits per heavy atom. The first-order valence-corrected chi connectivity index (χ1v) is 10.8. The summed E-state index contributed by atoms with van der Waals surface area (Å²) in [6, 6.07) is 0. The third kappa shape index (κ3) is 8.89. The summed E-state index contributed by atoms with van der Waals surface area (Å²) in [7, 11) is 0. The summed E-state index contributed by atoms with van der Waals surface area (Å²) in [6.07, 6.45) is 0.832. The lowest BCUT2D eigenvalue weighted by molar-refractivity contribution is -0.235. The fourth-order valence-corrected chi connectivity index (χ4v) is 3.14. The lowest BCUT2D eigenvalue weighted by Gasteiger charge is -2.31. The number of hydroxylamine groups is 2. The Labute approximate surface area is 185 Å². The molecular weight excluding hydrogens is 426 g/mol. The lowest BCUT2D eigenvalue weighted by Crippen LogP contribution is -2.42. The number of aliphatic hydroxyl groups excluding tert-OH is 1. The molecule has 2 aliphatic rings. The summed E-state index contributed by atoms with van der Waals surface area (Å²) >= 11 is 0. The molecule has 0 aromatic carbocycles. The van der Waals surface area contributed by atoms with Gasteiger partial charge in [-0.15, -0.1) is 5.06 Å². The number of aliphatic hydroxyl groups is 1. The monoisotopic (exact) mass is 457 g/mol. The van der Waals surface area contributed by atoms with Gasteiger partial charge in [-0.3, -0.25) is 19.2 Å². The molecule has 0 aromatic heterocycles. The van der Waals surface area contributed by atoms with Crippen molar-refractivity contribution in [1.82, 2.24) is 15.7 Å². The third-order valence-corrected chi connectivity index (χ3v) is 4.94. The molecule has 12 heteroatoms. The van der Waals surface area contributed by atoms with E-state index in [9.17, 15) is 29.1 Å². The normalized spacial score (nSPS) is 23.2. The Balaban J connectivity index is 1.47. The van der Waals surface area contributed by atoms with Crippen LogP contribution in [0.1, 0.15) is 58.3 Å². The summed E-state index contributed by atoms with van der Waals surface area (Å²) in [5.41, 5.74) is 0. The molecule has 2 rings (SSSR count). The SMILES string of the molecule is C[C@H]1CC[C@H](O)[C@H](OCCNC(=O)CNC(=O)CCCCC(=O)ON2C(=O)CCC2=O)O1.